The molecule has 3 rings (SSSR count). The average Bonchev–Trinajstić information content (AvgIpc) is 2.65. The van der Waals surface area contributed by atoms with Crippen molar-refractivity contribution < 1.29 is 18.7 Å². The monoisotopic (exact) mass is 345 g/mol. The zero-order valence-corrected chi connectivity index (χ0v) is 13.9. The number of aromatic nitrogens is 1. The third kappa shape index (κ3) is 4.67. The van der Waals surface area contributed by atoms with Crippen LogP contribution in [0.3, 0.4) is 0 Å². The molecule has 1 aromatic carbocycles. The van der Waals surface area contributed by atoms with Gasteiger partial charge >= 0.3 is 0 Å². The van der Waals surface area contributed by atoms with Crippen LogP contribution in [0.25, 0.3) is 0 Å². The number of morpholine rings is 1. The summed E-state index contributed by atoms with van der Waals surface area (Å²) in [6, 6.07) is 9.20. The van der Waals surface area contributed by atoms with E-state index in [0.29, 0.717) is 24.8 Å². The molecule has 1 saturated heterocycles. The highest BCUT2D eigenvalue weighted by Gasteiger charge is 2.16. The molecule has 0 bridgehead atoms. The normalized spacial score (nSPS) is 15.5. The van der Waals surface area contributed by atoms with E-state index in [1.165, 1.54) is 24.3 Å². The Morgan fingerprint density at radius 3 is 2.60 bits per heavy atom. The number of nitrogens with zero attached hydrogens (tertiary/aromatic N) is 2. The van der Waals surface area contributed by atoms with Crippen molar-refractivity contribution in [1.29, 1.82) is 0 Å². The first-order valence-electron chi connectivity index (χ1n) is 8.13. The molecule has 1 atom stereocenters. The Kier molecular flexibility index (Phi) is 5.45. The maximum atomic E-state index is 12.9. The van der Waals surface area contributed by atoms with E-state index in [4.69, 9.17) is 9.47 Å². The van der Waals surface area contributed by atoms with E-state index >= 15 is 0 Å². The summed E-state index contributed by atoms with van der Waals surface area (Å²) in [4.78, 5) is 18.7. The minimum Gasteiger partial charge on any atom is -0.481 e. The number of pyridine rings is 1. The van der Waals surface area contributed by atoms with Crippen LogP contribution in [0.15, 0.2) is 42.6 Å². The van der Waals surface area contributed by atoms with Gasteiger partial charge in [0.2, 0.25) is 0 Å². The lowest BCUT2D eigenvalue weighted by molar-refractivity contribution is -0.122. The molecule has 2 aromatic rings. The second-order valence-electron chi connectivity index (χ2n) is 5.70. The van der Waals surface area contributed by atoms with Crippen LogP contribution in [0.5, 0.6) is 5.75 Å². The summed E-state index contributed by atoms with van der Waals surface area (Å²) in [5.74, 6) is 0.209. The van der Waals surface area contributed by atoms with E-state index in [0.717, 1.165) is 18.8 Å². The van der Waals surface area contributed by atoms with Crippen molar-refractivity contribution in [2.75, 3.05) is 36.5 Å². The van der Waals surface area contributed by atoms with Gasteiger partial charge in [0.05, 0.1) is 25.1 Å². The molecule has 6 nitrogen and oxygen atoms in total. The van der Waals surface area contributed by atoms with Gasteiger partial charge in [0, 0.05) is 13.1 Å². The highest BCUT2D eigenvalue weighted by atomic mass is 19.1. The Hall–Kier alpha value is -2.67. The summed E-state index contributed by atoms with van der Waals surface area (Å²) in [5.41, 5.74) is 0.997. The summed E-state index contributed by atoms with van der Waals surface area (Å²) in [6.07, 6.45) is 0.998. The van der Waals surface area contributed by atoms with Crippen molar-refractivity contribution in [3.8, 4) is 5.75 Å². The van der Waals surface area contributed by atoms with Gasteiger partial charge in [-0.15, -0.1) is 0 Å². The molecule has 132 valence electrons. The molecular formula is C18H20FN3O3. The van der Waals surface area contributed by atoms with Crippen molar-refractivity contribution in [1.82, 2.24) is 4.98 Å². The maximum Gasteiger partial charge on any atom is 0.266 e. The summed E-state index contributed by atoms with van der Waals surface area (Å²) in [7, 11) is 0. The predicted molar refractivity (Wildman–Crippen MR) is 92.4 cm³/mol. The maximum absolute atomic E-state index is 12.9. The van der Waals surface area contributed by atoms with Gasteiger partial charge in [0.25, 0.3) is 5.91 Å². The van der Waals surface area contributed by atoms with Gasteiger partial charge in [-0.3, -0.25) is 4.79 Å². The SMILES string of the molecule is C[C@H](Oc1ccc(F)cc1)C(=O)Nc1ccc(N2CCOCC2)cn1. The van der Waals surface area contributed by atoms with E-state index in [1.807, 2.05) is 6.07 Å². The fourth-order valence-corrected chi connectivity index (χ4v) is 2.47. The first-order valence-corrected chi connectivity index (χ1v) is 8.13. The lowest BCUT2D eigenvalue weighted by Crippen LogP contribution is -2.36. The van der Waals surface area contributed by atoms with Crippen molar-refractivity contribution in [3.05, 3.63) is 48.4 Å². The van der Waals surface area contributed by atoms with Gasteiger partial charge < -0.3 is 19.7 Å². The number of benzene rings is 1. The summed E-state index contributed by atoms with van der Waals surface area (Å²) in [5, 5.41) is 2.71. The molecular weight excluding hydrogens is 325 g/mol. The number of nitrogens with one attached hydrogen (secondary N) is 1. The molecule has 1 N–H and O–H groups in total. The molecule has 0 aliphatic carbocycles. The van der Waals surface area contributed by atoms with E-state index in [2.05, 4.69) is 15.2 Å². The Morgan fingerprint density at radius 1 is 1.24 bits per heavy atom. The molecule has 0 unspecified atom stereocenters. The third-order valence-corrected chi connectivity index (χ3v) is 3.87. The molecule has 1 aliphatic rings. The summed E-state index contributed by atoms with van der Waals surface area (Å²) >= 11 is 0. The second-order valence-corrected chi connectivity index (χ2v) is 5.70. The molecule has 0 saturated carbocycles. The number of halogens is 1. The van der Waals surface area contributed by atoms with Gasteiger partial charge in [-0.1, -0.05) is 0 Å². The topological polar surface area (TPSA) is 63.7 Å². The van der Waals surface area contributed by atoms with E-state index < -0.39 is 6.10 Å². The summed E-state index contributed by atoms with van der Waals surface area (Å²) < 4.78 is 23.7. The first kappa shape index (κ1) is 17.2. The first-order chi connectivity index (χ1) is 12.1. The van der Waals surface area contributed by atoms with Crippen LogP contribution >= 0.6 is 0 Å². The van der Waals surface area contributed by atoms with E-state index in [9.17, 15) is 9.18 Å². The van der Waals surface area contributed by atoms with Crippen molar-refractivity contribution >= 4 is 17.4 Å². The van der Waals surface area contributed by atoms with Crippen molar-refractivity contribution in [2.24, 2.45) is 0 Å². The minimum atomic E-state index is -0.730. The number of hydrogen-bond donors (Lipinski definition) is 1. The predicted octanol–water partition coefficient (Wildman–Crippen LogP) is 2.46. The highest BCUT2D eigenvalue weighted by Crippen LogP contribution is 2.17. The number of anilines is 2. The van der Waals surface area contributed by atoms with Crippen LogP contribution in [0.2, 0.25) is 0 Å². The van der Waals surface area contributed by atoms with Crippen molar-refractivity contribution in [3.63, 3.8) is 0 Å². The van der Waals surface area contributed by atoms with Gasteiger partial charge in [-0.05, 0) is 43.3 Å². The fourth-order valence-electron chi connectivity index (χ4n) is 2.47. The van der Waals surface area contributed by atoms with Crippen molar-refractivity contribution in [2.45, 2.75) is 13.0 Å². The third-order valence-electron chi connectivity index (χ3n) is 3.87. The molecule has 1 aliphatic heterocycles. The Morgan fingerprint density at radius 2 is 1.96 bits per heavy atom. The number of carbonyl (C=O) groups is 1. The Bertz CT molecular complexity index is 701. The number of rotatable bonds is 5. The van der Waals surface area contributed by atoms with Crippen LogP contribution in [-0.4, -0.2) is 43.3 Å². The minimum absolute atomic E-state index is 0.323. The van der Waals surface area contributed by atoms with E-state index in [-0.39, 0.29) is 11.7 Å². The van der Waals surface area contributed by atoms with Crippen LogP contribution < -0.4 is 15.0 Å². The zero-order valence-electron chi connectivity index (χ0n) is 13.9. The van der Waals surface area contributed by atoms with Crippen LogP contribution in [0.1, 0.15) is 6.92 Å². The number of ether oxygens (including phenoxy) is 2. The Balaban J connectivity index is 1.55. The van der Waals surface area contributed by atoms with Gasteiger partial charge in [-0.2, -0.15) is 0 Å². The quantitative estimate of drug-likeness (QED) is 0.902. The molecule has 7 heteroatoms. The molecule has 2 heterocycles. The Labute approximate surface area is 145 Å². The van der Waals surface area contributed by atoms with E-state index in [1.54, 1.807) is 19.2 Å². The highest BCUT2D eigenvalue weighted by molar-refractivity contribution is 5.93. The van der Waals surface area contributed by atoms with Crippen LogP contribution in [0, 0.1) is 5.82 Å². The second kappa shape index (κ2) is 7.94. The number of amides is 1. The van der Waals surface area contributed by atoms with Gasteiger partial charge in [0.1, 0.15) is 17.4 Å². The van der Waals surface area contributed by atoms with Crippen LogP contribution in [-0.2, 0) is 9.53 Å². The lowest BCUT2D eigenvalue weighted by atomic mass is 10.3. The lowest BCUT2D eigenvalue weighted by Gasteiger charge is -2.28. The van der Waals surface area contributed by atoms with Gasteiger partial charge in [0.15, 0.2) is 6.10 Å². The standard InChI is InChI=1S/C18H20FN3O3/c1-13(25-16-5-2-14(19)3-6-16)18(23)21-17-7-4-15(12-20-17)22-8-10-24-11-9-22/h2-7,12-13H,8-11H2,1H3,(H,20,21,23)/t13-/m0/s1. The molecule has 25 heavy (non-hydrogen) atoms. The number of carbonyl (C=O) groups excluding carboxylic acids is 1. The van der Waals surface area contributed by atoms with Crippen LogP contribution in [0.4, 0.5) is 15.9 Å². The molecule has 1 amide bonds. The number of hydrogen-bond acceptors (Lipinski definition) is 5. The fraction of sp³-hybridized carbons (Fsp3) is 0.333. The molecule has 0 spiro atoms. The molecule has 1 fully saturated rings. The molecule has 0 radical (unpaired) electrons. The zero-order chi connectivity index (χ0) is 17.6. The summed E-state index contributed by atoms with van der Waals surface area (Å²) in [6.45, 7) is 4.69. The average molecular weight is 345 g/mol. The molecule has 1 aromatic heterocycles. The smallest absolute Gasteiger partial charge is 0.266 e. The largest absolute Gasteiger partial charge is 0.481 e. The van der Waals surface area contributed by atoms with Gasteiger partial charge in [-0.25, -0.2) is 9.37 Å².